The maximum atomic E-state index is 11.7. The molecule has 0 bridgehead atoms. The van der Waals surface area contributed by atoms with Crippen LogP contribution in [0.5, 0.6) is 11.6 Å². The molecule has 2 heterocycles. The van der Waals surface area contributed by atoms with Crippen molar-refractivity contribution < 1.29 is 14.2 Å². The van der Waals surface area contributed by atoms with Gasteiger partial charge in [0.15, 0.2) is 0 Å². The first kappa shape index (κ1) is 12.1. The molecule has 1 amide bonds. The van der Waals surface area contributed by atoms with Gasteiger partial charge in [-0.1, -0.05) is 0 Å². The number of rotatable bonds is 3. The van der Waals surface area contributed by atoms with Crippen LogP contribution in [0, 0.1) is 0 Å². The number of hydrogen-bond donors (Lipinski definition) is 1. The van der Waals surface area contributed by atoms with Crippen LogP contribution in [0.25, 0.3) is 11.0 Å². The van der Waals surface area contributed by atoms with Crippen LogP contribution in [0.1, 0.15) is 10.4 Å². The molecule has 0 aliphatic rings. The summed E-state index contributed by atoms with van der Waals surface area (Å²) in [5.41, 5.74) is 1.55. The molecule has 0 unspecified atom stereocenters. The van der Waals surface area contributed by atoms with E-state index in [0.29, 0.717) is 22.3 Å². The summed E-state index contributed by atoms with van der Waals surface area (Å²) in [4.78, 5) is 15.8. The van der Waals surface area contributed by atoms with Gasteiger partial charge in [0.25, 0.3) is 5.91 Å². The lowest BCUT2D eigenvalue weighted by molar-refractivity contribution is 0.0960. The van der Waals surface area contributed by atoms with E-state index in [1.807, 2.05) is 0 Å². The van der Waals surface area contributed by atoms with Crippen LogP contribution in [0.2, 0.25) is 0 Å². The van der Waals surface area contributed by atoms with Gasteiger partial charge in [0.1, 0.15) is 22.3 Å². The monoisotopic (exact) mass is 270 g/mol. The molecule has 0 aliphatic heterocycles. The van der Waals surface area contributed by atoms with Crippen molar-refractivity contribution in [2.45, 2.75) is 0 Å². The quantitative estimate of drug-likeness (QED) is 0.780. The highest BCUT2D eigenvalue weighted by atomic mass is 16.6. The number of pyridine rings is 1. The zero-order valence-electron chi connectivity index (χ0n) is 10.5. The molecule has 1 aromatic carbocycles. The Kier molecular flexibility index (Phi) is 3.00. The van der Waals surface area contributed by atoms with Gasteiger partial charge in [0.2, 0.25) is 5.88 Å². The van der Waals surface area contributed by atoms with E-state index in [1.54, 1.807) is 43.6 Å². The number of nitrogens with one attached hydrogen (secondary N) is 1. The fourth-order valence-corrected chi connectivity index (χ4v) is 1.72. The van der Waals surface area contributed by atoms with Crippen LogP contribution in [-0.4, -0.2) is 28.3 Å². The molecular formula is C13H10N4O3. The van der Waals surface area contributed by atoms with Crippen LogP contribution in [0.3, 0.4) is 0 Å². The third-order valence-corrected chi connectivity index (χ3v) is 2.68. The lowest BCUT2D eigenvalue weighted by atomic mass is 10.2. The van der Waals surface area contributed by atoms with Gasteiger partial charge in [-0.2, -0.15) is 0 Å². The number of aromatic nitrogens is 3. The fraction of sp³-hybridized carbons (Fsp3) is 0.0769. The minimum Gasteiger partial charge on any atom is -0.438 e. The number of fused-ring (bicyclic) bond motifs is 1. The summed E-state index contributed by atoms with van der Waals surface area (Å²) in [5.74, 6) is 0.456. The van der Waals surface area contributed by atoms with Gasteiger partial charge in [-0.05, 0) is 34.6 Å². The van der Waals surface area contributed by atoms with Crippen molar-refractivity contribution in [1.82, 2.24) is 20.6 Å². The lowest BCUT2D eigenvalue weighted by Gasteiger charge is -2.08. The molecule has 0 saturated heterocycles. The Morgan fingerprint density at radius 1 is 1.25 bits per heavy atom. The smallest absolute Gasteiger partial charge is 0.256 e. The van der Waals surface area contributed by atoms with Gasteiger partial charge in [-0.25, -0.2) is 9.61 Å². The van der Waals surface area contributed by atoms with E-state index in [4.69, 9.17) is 4.74 Å². The van der Waals surface area contributed by atoms with Gasteiger partial charge in [-0.15, -0.1) is 0 Å². The fourth-order valence-electron chi connectivity index (χ4n) is 1.72. The molecule has 20 heavy (non-hydrogen) atoms. The minimum atomic E-state index is -0.266. The number of benzene rings is 1. The van der Waals surface area contributed by atoms with Gasteiger partial charge >= 0.3 is 0 Å². The summed E-state index contributed by atoms with van der Waals surface area (Å²) in [5, 5.41) is 9.97. The Morgan fingerprint density at radius 3 is 2.95 bits per heavy atom. The first-order valence-corrected chi connectivity index (χ1v) is 5.85. The van der Waals surface area contributed by atoms with Crippen molar-refractivity contribution in [2.75, 3.05) is 7.05 Å². The normalized spacial score (nSPS) is 10.4. The highest BCUT2D eigenvalue weighted by molar-refractivity contribution is 5.96. The van der Waals surface area contributed by atoms with Crippen molar-refractivity contribution in [1.29, 1.82) is 0 Å². The van der Waals surface area contributed by atoms with Crippen LogP contribution in [0.15, 0.2) is 41.2 Å². The van der Waals surface area contributed by atoms with E-state index < -0.39 is 0 Å². The van der Waals surface area contributed by atoms with E-state index in [0.717, 1.165) is 0 Å². The number of amides is 1. The van der Waals surface area contributed by atoms with Crippen molar-refractivity contribution in [3.05, 3.63) is 42.1 Å². The van der Waals surface area contributed by atoms with Crippen LogP contribution in [-0.2, 0) is 0 Å². The number of carbonyl (C=O) groups is 1. The molecule has 0 spiro atoms. The lowest BCUT2D eigenvalue weighted by Crippen LogP contribution is -2.18. The largest absolute Gasteiger partial charge is 0.438 e. The van der Waals surface area contributed by atoms with Crippen LogP contribution >= 0.6 is 0 Å². The second kappa shape index (κ2) is 4.96. The molecule has 1 N–H and O–H groups in total. The molecule has 0 fully saturated rings. The number of hydrogen-bond acceptors (Lipinski definition) is 6. The maximum absolute atomic E-state index is 11.7. The molecule has 7 nitrogen and oxygen atoms in total. The third kappa shape index (κ3) is 2.16. The summed E-state index contributed by atoms with van der Waals surface area (Å²) in [7, 11) is 1.55. The molecule has 3 aromatic rings. The van der Waals surface area contributed by atoms with Crippen LogP contribution in [0.4, 0.5) is 0 Å². The van der Waals surface area contributed by atoms with Gasteiger partial charge in [0.05, 0.1) is 0 Å². The summed E-state index contributed by atoms with van der Waals surface area (Å²) in [6.07, 6.45) is 1.55. The molecule has 7 heteroatoms. The average Bonchev–Trinajstić information content (AvgIpc) is 2.94. The standard InChI is InChI=1S/C13H10N4O3/c1-14-12(18)9-3-2-6-15-13(9)19-8-4-5-10-11(7-8)17-20-16-10/h2-7H,1H3,(H,14,18). The van der Waals surface area contributed by atoms with E-state index in [1.165, 1.54) is 0 Å². The summed E-state index contributed by atoms with van der Waals surface area (Å²) in [6.45, 7) is 0. The zero-order chi connectivity index (χ0) is 13.9. The summed E-state index contributed by atoms with van der Waals surface area (Å²) in [6, 6.07) is 8.38. The molecule has 2 aromatic heterocycles. The molecule has 3 rings (SSSR count). The Bertz CT molecular complexity index is 769. The average molecular weight is 270 g/mol. The second-order valence-corrected chi connectivity index (χ2v) is 3.95. The van der Waals surface area contributed by atoms with Crippen LogP contribution < -0.4 is 10.1 Å². The summed E-state index contributed by atoms with van der Waals surface area (Å²) < 4.78 is 10.2. The Morgan fingerprint density at radius 2 is 2.10 bits per heavy atom. The van der Waals surface area contributed by atoms with Crippen molar-refractivity contribution in [3.8, 4) is 11.6 Å². The third-order valence-electron chi connectivity index (χ3n) is 2.68. The van der Waals surface area contributed by atoms with E-state index in [9.17, 15) is 4.79 Å². The van der Waals surface area contributed by atoms with Gasteiger partial charge < -0.3 is 10.1 Å². The van der Waals surface area contributed by atoms with E-state index in [-0.39, 0.29) is 11.8 Å². The van der Waals surface area contributed by atoms with Crippen molar-refractivity contribution in [3.63, 3.8) is 0 Å². The molecule has 0 atom stereocenters. The topological polar surface area (TPSA) is 90.1 Å². The molecule has 0 saturated carbocycles. The first-order chi connectivity index (χ1) is 9.78. The molecular weight excluding hydrogens is 260 g/mol. The van der Waals surface area contributed by atoms with Gasteiger partial charge in [0, 0.05) is 19.3 Å². The Balaban J connectivity index is 1.96. The minimum absolute atomic E-state index is 0.225. The number of nitrogens with zero attached hydrogens (tertiary/aromatic N) is 3. The van der Waals surface area contributed by atoms with E-state index >= 15 is 0 Å². The Hall–Kier alpha value is -2.96. The Labute approximate surface area is 113 Å². The summed E-state index contributed by atoms with van der Waals surface area (Å²) >= 11 is 0. The van der Waals surface area contributed by atoms with E-state index in [2.05, 4.69) is 25.2 Å². The molecule has 0 radical (unpaired) electrons. The predicted octanol–water partition coefficient (Wildman–Crippen LogP) is 1.77. The predicted molar refractivity (Wildman–Crippen MR) is 69.5 cm³/mol. The van der Waals surface area contributed by atoms with Gasteiger partial charge in [-0.3, -0.25) is 4.79 Å². The van der Waals surface area contributed by atoms with Crippen molar-refractivity contribution in [2.24, 2.45) is 0 Å². The maximum Gasteiger partial charge on any atom is 0.256 e. The molecule has 100 valence electrons. The van der Waals surface area contributed by atoms with Crippen molar-refractivity contribution >= 4 is 16.9 Å². The SMILES string of the molecule is CNC(=O)c1cccnc1Oc1ccc2nonc2c1. The molecule has 0 aliphatic carbocycles. The number of carbonyl (C=O) groups excluding carboxylic acids is 1. The second-order valence-electron chi connectivity index (χ2n) is 3.95. The first-order valence-electron chi connectivity index (χ1n) is 5.85. The number of ether oxygens (including phenoxy) is 1. The highest BCUT2D eigenvalue weighted by Gasteiger charge is 2.13. The zero-order valence-corrected chi connectivity index (χ0v) is 10.5. The highest BCUT2D eigenvalue weighted by Crippen LogP contribution is 2.25.